The third-order valence-corrected chi connectivity index (χ3v) is 4.94. The Labute approximate surface area is 131 Å². The molecule has 2 nitrogen and oxygen atoms in total. The summed E-state index contributed by atoms with van der Waals surface area (Å²) < 4.78 is 6.41. The highest BCUT2D eigenvalue weighted by atomic mass is 79.9. The first-order valence-electron chi connectivity index (χ1n) is 7.60. The number of anilines is 1. The Bertz CT molecular complexity index is 447. The summed E-state index contributed by atoms with van der Waals surface area (Å²) in [5, 5.41) is 3.75. The minimum atomic E-state index is 0.567. The Morgan fingerprint density at radius 3 is 2.65 bits per heavy atom. The summed E-state index contributed by atoms with van der Waals surface area (Å²) in [5.41, 5.74) is 1.15. The summed E-state index contributed by atoms with van der Waals surface area (Å²) in [6, 6.07) is 6.78. The summed E-state index contributed by atoms with van der Waals surface area (Å²) in [5.74, 6) is 3.20. The van der Waals surface area contributed by atoms with E-state index in [-0.39, 0.29) is 0 Å². The number of rotatable bonds is 4. The van der Waals surface area contributed by atoms with Crippen LogP contribution in [0.25, 0.3) is 0 Å². The Morgan fingerprint density at radius 2 is 2.00 bits per heavy atom. The molecule has 1 fully saturated rings. The number of nitrogens with one attached hydrogen (secondary N) is 1. The van der Waals surface area contributed by atoms with Crippen LogP contribution in [-0.4, -0.2) is 13.2 Å². The molecule has 3 unspecified atom stereocenters. The Balaban J connectivity index is 2.15. The molecule has 2 rings (SSSR count). The summed E-state index contributed by atoms with van der Waals surface area (Å²) in [6.45, 7) is 7.06. The predicted octanol–water partition coefficient (Wildman–Crippen LogP) is 5.33. The van der Waals surface area contributed by atoms with Crippen molar-refractivity contribution < 1.29 is 4.74 Å². The second kappa shape index (κ2) is 6.84. The van der Waals surface area contributed by atoms with Gasteiger partial charge < -0.3 is 10.1 Å². The lowest BCUT2D eigenvalue weighted by Crippen LogP contribution is -2.37. The predicted molar refractivity (Wildman–Crippen MR) is 89.4 cm³/mol. The molecule has 0 saturated heterocycles. The minimum absolute atomic E-state index is 0.567. The first-order chi connectivity index (χ1) is 9.49. The minimum Gasteiger partial charge on any atom is -0.497 e. The van der Waals surface area contributed by atoms with Crippen LogP contribution >= 0.6 is 15.9 Å². The molecule has 0 bridgehead atoms. The van der Waals surface area contributed by atoms with Gasteiger partial charge in [-0.3, -0.25) is 0 Å². The molecule has 1 aromatic rings. The second-order valence-electron chi connectivity index (χ2n) is 6.46. The van der Waals surface area contributed by atoms with Crippen molar-refractivity contribution >= 4 is 21.6 Å². The van der Waals surface area contributed by atoms with Crippen LogP contribution in [0.1, 0.15) is 40.0 Å². The maximum atomic E-state index is 5.35. The largest absolute Gasteiger partial charge is 0.497 e. The van der Waals surface area contributed by atoms with Crippen LogP contribution < -0.4 is 10.1 Å². The smallest absolute Gasteiger partial charge is 0.122 e. The number of methoxy groups -OCH3 is 1. The van der Waals surface area contributed by atoms with Gasteiger partial charge in [-0.2, -0.15) is 0 Å². The first kappa shape index (κ1) is 15.7. The van der Waals surface area contributed by atoms with E-state index in [1.165, 1.54) is 19.3 Å². The standard InChI is InChI=1S/C17H26BrNO/c1-11(2)16-6-5-12(3)7-17(16)19-14-8-13(18)9-15(10-14)20-4/h8-12,16-17,19H,5-7H2,1-4H3. The third kappa shape index (κ3) is 3.91. The van der Waals surface area contributed by atoms with Crippen LogP contribution in [0.4, 0.5) is 5.69 Å². The lowest BCUT2D eigenvalue weighted by Gasteiger charge is -2.38. The number of halogens is 1. The van der Waals surface area contributed by atoms with Crippen LogP contribution in [-0.2, 0) is 0 Å². The van der Waals surface area contributed by atoms with Crippen molar-refractivity contribution in [2.45, 2.75) is 46.1 Å². The van der Waals surface area contributed by atoms with Gasteiger partial charge in [-0.1, -0.05) is 43.1 Å². The maximum absolute atomic E-state index is 5.35. The van der Waals surface area contributed by atoms with Gasteiger partial charge in [0.2, 0.25) is 0 Å². The number of hydrogen-bond donors (Lipinski definition) is 1. The molecule has 0 radical (unpaired) electrons. The zero-order valence-corrected chi connectivity index (χ0v) is 14.5. The lowest BCUT2D eigenvalue weighted by molar-refractivity contribution is 0.212. The van der Waals surface area contributed by atoms with Gasteiger partial charge in [0.05, 0.1) is 7.11 Å². The molecule has 0 aliphatic heterocycles. The van der Waals surface area contributed by atoms with E-state index in [9.17, 15) is 0 Å². The van der Waals surface area contributed by atoms with Gasteiger partial charge in [0, 0.05) is 22.3 Å². The molecule has 0 aromatic heterocycles. The third-order valence-electron chi connectivity index (χ3n) is 4.48. The topological polar surface area (TPSA) is 21.3 Å². The van der Waals surface area contributed by atoms with Crippen molar-refractivity contribution in [3.63, 3.8) is 0 Å². The van der Waals surface area contributed by atoms with Crippen LogP contribution in [0.5, 0.6) is 5.75 Å². The molecule has 112 valence electrons. The second-order valence-corrected chi connectivity index (χ2v) is 7.37. The zero-order chi connectivity index (χ0) is 14.7. The molecule has 1 aliphatic rings. The average Bonchev–Trinajstić information content (AvgIpc) is 2.37. The fourth-order valence-electron chi connectivity index (χ4n) is 3.35. The summed E-state index contributed by atoms with van der Waals surface area (Å²) >= 11 is 3.55. The van der Waals surface area contributed by atoms with Gasteiger partial charge >= 0.3 is 0 Å². The molecule has 3 heteroatoms. The van der Waals surface area contributed by atoms with E-state index < -0.39 is 0 Å². The molecule has 0 heterocycles. The summed E-state index contributed by atoms with van der Waals surface area (Å²) in [7, 11) is 1.71. The molecule has 1 aliphatic carbocycles. The monoisotopic (exact) mass is 339 g/mol. The van der Waals surface area contributed by atoms with Gasteiger partial charge in [-0.25, -0.2) is 0 Å². The van der Waals surface area contributed by atoms with E-state index in [0.29, 0.717) is 6.04 Å². The molecule has 20 heavy (non-hydrogen) atoms. The van der Waals surface area contributed by atoms with Crippen molar-refractivity contribution in [2.75, 3.05) is 12.4 Å². The Hall–Kier alpha value is -0.700. The van der Waals surface area contributed by atoms with Crippen LogP contribution in [0.2, 0.25) is 0 Å². The van der Waals surface area contributed by atoms with Crippen molar-refractivity contribution in [3.8, 4) is 5.75 Å². The molecule has 1 aromatic carbocycles. The van der Waals surface area contributed by atoms with Gasteiger partial charge in [0.25, 0.3) is 0 Å². The van der Waals surface area contributed by atoms with Crippen molar-refractivity contribution in [3.05, 3.63) is 22.7 Å². The summed E-state index contributed by atoms with van der Waals surface area (Å²) in [6.07, 6.45) is 3.96. The molecular formula is C17H26BrNO. The van der Waals surface area contributed by atoms with Gasteiger partial charge in [0.15, 0.2) is 0 Å². The molecule has 1 N–H and O–H groups in total. The highest BCUT2D eigenvalue weighted by molar-refractivity contribution is 9.10. The fraction of sp³-hybridized carbons (Fsp3) is 0.647. The first-order valence-corrected chi connectivity index (χ1v) is 8.40. The van der Waals surface area contributed by atoms with E-state index in [4.69, 9.17) is 4.74 Å². The normalized spacial score (nSPS) is 26.6. The number of ether oxygens (including phenoxy) is 1. The number of benzene rings is 1. The van der Waals surface area contributed by atoms with E-state index in [1.54, 1.807) is 7.11 Å². The highest BCUT2D eigenvalue weighted by Crippen LogP contribution is 2.36. The molecule has 3 atom stereocenters. The van der Waals surface area contributed by atoms with Crippen LogP contribution in [0.3, 0.4) is 0 Å². The number of hydrogen-bond acceptors (Lipinski definition) is 2. The fourth-order valence-corrected chi connectivity index (χ4v) is 3.82. The van der Waals surface area contributed by atoms with Gasteiger partial charge in [-0.15, -0.1) is 0 Å². The maximum Gasteiger partial charge on any atom is 0.122 e. The van der Waals surface area contributed by atoms with Crippen molar-refractivity contribution in [2.24, 2.45) is 17.8 Å². The SMILES string of the molecule is COc1cc(Br)cc(NC2CC(C)CCC2C(C)C)c1. The lowest BCUT2D eigenvalue weighted by atomic mass is 9.74. The Morgan fingerprint density at radius 1 is 1.25 bits per heavy atom. The molecule has 1 saturated carbocycles. The van der Waals surface area contributed by atoms with Crippen molar-refractivity contribution in [1.29, 1.82) is 0 Å². The van der Waals surface area contributed by atoms with E-state index >= 15 is 0 Å². The quantitative estimate of drug-likeness (QED) is 0.800. The van der Waals surface area contributed by atoms with Crippen molar-refractivity contribution in [1.82, 2.24) is 0 Å². The van der Waals surface area contributed by atoms with E-state index in [0.717, 1.165) is 33.7 Å². The van der Waals surface area contributed by atoms with Gasteiger partial charge in [0.1, 0.15) is 5.75 Å². The van der Waals surface area contributed by atoms with Gasteiger partial charge in [-0.05, 0) is 42.7 Å². The average molecular weight is 340 g/mol. The molecule has 0 spiro atoms. The summed E-state index contributed by atoms with van der Waals surface area (Å²) in [4.78, 5) is 0. The molecular weight excluding hydrogens is 314 g/mol. The molecule has 0 amide bonds. The zero-order valence-electron chi connectivity index (χ0n) is 12.9. The Kier molecular flexibility index (Phi) is 5.36. The van der Waals surface area contributed by atoms with E-state index in [1.807, 2.05) is 6.07 Å². The van der Waals surface area contributed by atoms with Crippen LogP contribution in [0.15, 0.2) is 22.7 Å². The van der Waals surface area contributed by atoms with E-state index in [2.05, 4.69) is 54.2 Å². The van der Waals surface area contributed by atoms with Crippen LogP contribution in [0, 0.1) is 17.8 Å². The highest BCUT2D eigenvalue weighted by Gasteiger charge is 2.30.